The summed E-state index contributed by atoms with van der Waals surface area (Å²) in [4.78, 5) is 12.5. The van der Waals surface area contributed by atoms with E-state index in [1.807, 2.05) is 0 Å². The Hall–Kier alpha value is -1.20. The Morgan fingerprint density at radius 2 is 2.10 bits per heavy atom. The minimum atomic E-state index is 0.0448. The first-order valence-electron chi connectivity index (χ1n) is 7.70. The smallest absolute Gasteiger partial charge is 0.238 e. The number of nitrogens with zero attached hydrogens (tertiary/aromatic N) is 1. The lowest BCUT2D eigenvalue weighted by Gasteiger charge is -2.24. The van der Waals surface area contributed by atoms with Crippen LogP contribution in [0.3, 0.4) is 0 Å². The van der Waals surface area contributed by atoms with Crippen molar-refractivity contribution in [2.24, 2.45) is 0 Å². The molecule has 2 N–H and O–H groups in total. The van der Waals surface area contributed by atoms with Crippen molar-refractivity contribution in [1.82, 2.24) is 4.31 Å². The first kappa shape index (κ1) is 16.2. The number of ether oxygens (including phenoxy) is 1. The SMILES string of the molecule is CCCCOc1cc(N)ccc1C(=O)SN1CCCCC1. The van der Waals surface area contributed by atoms with Crippen molar-refractivity contribution in [3.63, 3.8) is 0 Å². The summed E-state index contributed by atoms with van der Waals surface area (Å²) >= 11 is 1.31. The number of nitrogens with two attached hydrogens (primary N) is 1. The molecule has 1 heterocycles. The molecule has 1 saturated heterocycles. The van der Waals surface area contributed by atoms with Gasteiger partial charge in [0.1, 0.15) is 5.75 Å². The molecule has 0 aliphatic carbocycles. The van der Waals surface area contributed by atoms with Gasteiger partial charge in [-0.2, -0.15) is 0 Å². The lowest BCUT2D eigenvalue weighted by Crippen LogP contribution is -2.24. The quantitative estimate of drug-likeness (QED) is 0.493. The zero-order valence-electron chi connectivity index (χ0n) is 12.6. The van der Waals surface area contributed by atoms with Crippen LogP contribution in [0, 0.1) is 0 Å². The number of benzene rings is 1. The second kappa shape index (κ2) is 8.29. The summed E-state index contributed by atoms with van der Waals surface area (Å²) in [5.74, 6) is 0.609. The van der Waals surface area contributed by atoms with E-state index in [0.717, 1.165) is 25.9 Å². The van der Waals surface area contributed by atoms with Gasteiger partial charge in [0.25, 0.3) is 0 Å². The highest BCUT2D eigenvalue weighted by atomic mass is 32.2. The van der Waals surface area contributed by atoms with Crippen LogP contribution in [0.15, 0.2) is 18.2 Å². The van der Waals surface area contributed by atoms with Gasteiger partial charge in [-0.05, 0) is 31.4 Å². The fourth-order valence-electron chi connectivity index (χ4n) is 2.28. The van der Waals surface area contributed by atoms with E-state index in [-0.39, 0.29) is 5.12 Å². The number of unbranched alkanes of at least 4 members (excludes halogenated alkanes) is 1. The molecule has 0 saturated carbocycles. The van der Waals surface area contributed by atoms with Crippen LogP contribution in [0.5, 0.6) is 5.75 Å². The van der Waals surface area contributed by atoms with E-state index in [1.54, 1.807) is 18.2 Å². The molecule has 0 bridgehead atoms. The maximum absolute atomic E-state index is 12.5. The number of nitrogen functional groups attached to an aromatic ring is 1. The molecule has 1 aromatic rings. The van der Waals surface area contributed by atoms with Crippen molar-refractivity contribution < 1.29 is 9.53 Å². The van der Waals surface area contributed by atoms with Gasteiger partial charge in [0.15, 0.2) is 0 Å². The van der Waals surface area contributed by atoms with Crippen molar-refractivity contribution in [1.29, 1.82) is 0 Å². The minimum Gasteiger partial charge on any atom is -0.493 e. The van der Waals surface area contributed by atoms with E-state index < -0.39 is 0 Å². The molecule has 4 nitrogen and oxygen atoms in total. The van der Waals surface area contributed by atoms with Gasteiger partial charge in [-0.3, -0.25) is 4.79 Å². The van der Waals surface area contributed by atoms with Crippen molar-refractivity contribution >= 4 is 22.8 Å². The number of hydrogen-bond donors (Lipinski definition) is 1. The van der Waals surface area contributed by atoms with E-state index in [1.165, 1.54) is 31.2 Å². The Balaban J connectivity index is 2.03. The Bertz CT molecular complexity index is 473. The Morgan fingerprint density at radius 3 is 2.81 bits per heavy atom. The van der Waals surface area contributed by atoms with Gasteiger partial charge >= 0.3 is 0 Å². The molecule has 1 aliphatic rings. The summed E-state index contributed by atoms with van der Waals surface area (Å²) in [6.07, 6.45) is 5.64. The number of anilines is 1. The van der Waals surface area contributed by atoms with E-state index in [0.29, 0.717) is 23.6 Å². The van der Waals surface area contributed by atoms with Crippen LogP contribution in [-0.4, -0.2) is 29.1 Å². The highest BCUT2D eigenvalue weighted by Crippen LogP contribution is 2.29. The average Bonchev–Trinajstić information content (AvgIpc) is 2.48. The van der Waals surface area contributed by atoms with Crippen molar-refractivity contribution in [2.75, 3.05) is 25.4 Å². The highest BCUT2D eigenvalue weighted by molar-refractivity contribution is 8.12. The van der Waals surface area contributed by atoms with Gasteiger partial charge in [-0.1, -0.05) is 19.8 Å². The maximum Gasteiger partial charge on any atom is 0.238 e. The predicted molar refractivity (Wildman–Crippen MR) is 88.6 cm³/mol. The van der Waals surface area contributed by atoms with Crippen LogP contribution in [-0.2, 0) is 0 Å². The maximum atomic E-state index is 12.5. The first-order valence-corrected chi connectivity index (χ1v) is 8.47. The monoisotopic (exact) mass is 308 g/mol. The lowest BCUT2D eigenvalue weighted by atomic mass is 10.2. The molecule has 2 rings (SSSR count). The summed E-state index contributed by atoms with van der Waals surface area (Å²) < 4.78 is 7.89. The summed E-state index contributed by atoms with van der Waals surface area (Å²) in [5, 5.41) is 0.0448. The molecule has 0 unspecified atom stereocenters. The van der Waals surface area contributed by atoms with Gasteiger partial charge in [-0.25, -0.2) is 4.31 Å². The van der Waals surface area contributed by atoms with E-state index >= 15 is 0 Å². The molecule has 0 amide bonds. The molecule has 5 heteroatoms. The predicted octanol–water partition coefficient (Wildman–Crippen LogP) is 3.72. The van der Waals surface area contributed by atoms with E-state index in [2.05, 4.69) is 11.2 Å². The van der Waals surface area contributed by atoms with Gasteiger partial charge in [0.2, 0.25) is 5.12 Å². The summed E-state index contributed by atoms with van der Waals surface area (Å²) in [6, 6.07) is 5.28. The summed E-state index contributed by atoms with van der Waals surface area (Å²) in [6.45, 7) is 4.70. The van der Waals surface area contributed by atoms with E-state index in [4.69, 9.17) is 10.5 Å². The average molecular weight is 308 g/mol. The Labute approximate surface area is 131 Å². The number of rotatable bonds is 6. The number of hydrogen-bond acceptors (Lipinski definition) is 5. The number of piperidine rings is 1. The molecular formula is C16H24N2O2S. The largest absolute Gasteiger partial charge is 0.493 e. The molecular weight excluding hydrogens is 284 g/mol. The van der Waals surface area contributed by atoms with Gasteiger partial charge < -0.3 is 10.5 Å². The van der Waals surface area contributed by atoms with Gasteiger partial charge in [0, 0.05) is 36.8 Å². The van der Waals surface area contributed by atoms with Crippen molar-refractivity contribution in [2.45, 2.75) is 39.0 Å². The first-order chi connectivity index (χ1) is 10.2. The summed E-state index contributed by atoms with van der Waals surface area (Å²) in [7, 11) is 0. The molecule has 0 aromatic heterocycles. The number of carbonyl (C=O) groups excluding carboxylic acids is 1. The second-order valence-corrected chi connectivity index (χ2v) is 6.40. The van der Waals surface area contributed by atoms with Crippen LogP contribution in [0.25, 0.3) is 0 Å². The third-order valence-corrected chi connectivity index (χ3v) is 4.52. The van der Waals surface area contributed by atoms with Crippen LogP contribution in [0.2, 0.25) is 0 Å². The molecule has 0 atom stereocenters. The molecule has 0 spiro atoms. The van der Waals surface area contributed by atoms with Crippen molar-refractivity contribution in [3.05, 3.63) is 23.8 Å². The Kier molecular flexibility index (Phi) is 6.39. The fraction of sp³-hybridized carbons (Fsp3) is 0.562. The zero-order chi connectivity index (χ0) is 15.1. The highest BCUT2D eigenvalue weighted by Gasteiger charge is 2.19. The number of carbonyl (C=O) groups is 1. The Morgan fingerprint density at radius 1 is 1.33 bits per heavy atom. The molecule has 116 valence electrons. The molecule has 1 aromatic carbocycles. The molecule has 1 aliphatic heterocycles. The second-order valence-electron chi connectivity index (χ2n) is 5.33. The fourth-order valence-corrected chi connectivity index (χ4v) is 3.22. The van der Waals surface area contributed by atoms with Crippen LogP contribution in [0.4, 0.5) is 5.69 Å². The molecule has 1 fully saturated rings. The normalized spacial score (nSPS) is 15.9. The minimum absolute atomic E-state index is 0.0448. The van der Waals surface area contributed by atoms with Crippen molar-refractivity contribution in [3.8, 4) is 5.75 Å². The lowest BCUT2D eigenvalue weighted by molar-refractivity contribution is 0.108. The van der Waals surface area contributed by atoms with Gasteiger partial charge in [0.05, 0.1) is 12.2 Å². The topological polar surface area (TPSA) is 55.6 Å². The third-order valence-electron chi connectivity index (χ3n) is 3.51. The zero-order valence-corrected chi connectivity index (χ0v) is 13.5. The van der Waals surface area contributed by atoms with Crippen LogP contribution < -0.4 is 10.5 Å². The molecule has 0 radical (unpaired) electrons. The standard InChI is InChI=1S/C16H24N2O2S/c1-2-3-11-20-15-12-13(17)7-8-14(15)16(19)21-18-9-5-4-6-10-18/h7-8,12H,2-6,9-11,17H2,1H3. The van der Waals surface area contributed by atoms with E-state index in [9.17, 15) is 4.79 Å². The molecule has 21 heavy (non-hydrogen) atoms. The third kappa shape index (κ3) is 4.93. The van der Waals surface area contributed by atoms with Crippen LogP contribution in [0.1, 0.15) is 49.4 Å². The van der Waals surface area contributed by atoms with Gasteiger partial charge in [-0.15, -0.1) is 0 Å². The summed E-state index contributed by atoms with van der Waals surface area (Å²) in [5.41, 5.74) is 7.05. The van der Waals surface area contributed by atoms with Crippen LogP contribution >= 0.6 is 11.9 Å².